The van der Waals surface area contributed by atoms with Crippen LogP contribution >= 0.6 is 12.4 Å². The van der Waals surface area contributed by atoms with Crippen LogP contribution in [0.25, 0.3) is 0 Å². The van der Waals surface area contributed by atoms with Gasteiger partial charge in [0, 0.05) is 6.04 Å². The molecule has 0 aliphatic heterocycles. The zero-order valence-corrected chi connectivity index (χ0v) is 7.88. The van der Waals surface area contributed by atoms with Gasteiger partial charge in [-0.1, -0.05) is 19.8 Å². The van der Waals surface area contributed by atoms with Crippen LogP contribution in [0.2, 0.25) is 0 Å². The Bertz CT molecular complexity index is 132. The summed E-state index contributed by atoms with van der Waals surface area (Å²) in [7, 11) is 0. The number of hydrogen-bond acceptors (Lipinski definition) is 3. The molecule has 74 valence electrons. The zero-order chi connectivity index (χ0) is 8.85. The van der Waals surface area contributed by atoms with E-state index in [-0.39, 0.29) is 12.4 Å². The van der Waals surface area contributed by atoms with E-state index in [0.717, 1.165) is 12.8 Å². The van der Waals surface area contributed by atoms with E-state index >= 15 is 0 Å². The second-order valence-corrected chi connectivity index (χ2v) is 2.59. The number of carbonyl (C=O) groups is 1. The van der Waals surface area contributed by atoms with Gasteiger partial charge in [-0.3, -0.25) is 0 Å². The van der Waals surface area contributed by atoms with Crippen molar-refractivity contribution >= 4 is 18.4 Å². The number of halogens is 1. The Morgan fingerprint density at radius 1 is 1.58 bits per heavy atom. The molecular formula is C7H16ClNO3. The Morgan fingerprint density at radius 3 is 2.42 bits per heavy atom. The number of carboxylic acids is 1. The van der Waals surface area contributed by atoms with Gasteiger partial charge in [0.1, 0.15) is 0 Å². The van der Waals surface area contributed by atoms with Gasteiger partial charge in [-0.05, 0) is 6.42 Å². The summed E-state index contributed by atoms with van der Waals surface area (Å²) in [6, 6.07) is -0.632. The van der Waals surface area contributed by atoms with Crippen LogP contribution in [-0.2, 0) is 4.79 Å². The first-order valence-electron chi connectivity index (χ1n) is 3.76. The first-order chi connectivity index (χ1) is 5.09. The van der Waals surface area contributed by atoms with Gasteiger partial charge >= 0.3 is 5.97 Å². The monoisotopic (exact) mass is 197 g/mol. The van der Waals surface area contributed by atoms with Gasteiger partial charge in [-0.25, -0.2) is 4.79 Å². The Balaban J connectivity index is 0. The van der Waals surface area contributed by atoms with E-state index in [1.165, 1.54) is 0 Å². The van der Waals surface area contributed by atoms with Crippen molar-refractivity contribution in [3.63, 3.8) is 0 Å². The molecule has 2 atom stereocenters. The van der Waals surface area contributed by atoms with Crippen LogP contribution in [-0.4, -0.2) is 28.3 Å². The standard InChI is InChI=1S/C7H15NO3.ClH/c1-2-3-4-5(8)6(9)7(10)11;/h5-6,9H,2-4,8H2,1H3,(H,10,11);1H/t5-,6+;/m1./s1. The molecule has 0 bridgehead atoms. The number of nitrogens with two attached hydrogens (primary N) is 1. The summed E-state index contributed by atoms with van der Waals surface area (Å²) in [5.74, 6) is -1.24. The summed E-state index contributed by atoms with van der Waals surface area (Å²) >= 11 is 0. The molecule has 0 unspecified atom stereocenters. The summed E-state index contributed by atoms with van der Waals surface area (Å²) in [5, 5.41) is 17.2. The van der Waals surface area contributed by atoms with Crippen LogP contribution < -0.4 is 5.73 Å². The molecule has 0 aromatic carbocycles. The zero-order valence-electron chi connectivity index (χ0n) is 7.06. The summed E-state index contributed by atoms with van der Waals surface area (Å²) < 4.78 is 0. The Kier molecular flexibility index (Phi) is 8.69. The molecule has 0 aliphatic carbocycles. The molecule has 0 aliphatic rings. The largest absolute Gasteiger partial charge is 0.479 e. The van der Waals surface area contributed by atoms with E-state index in [2.05, 4.69) is 0 Å². The highest BCUT2D eigenvalue weighted by Gasteiger charge is 2.20. The minimum atomic E-state index is -1.42. The van der Waals surface area contributed by atoms with Crippen molar-refractivity contribution in [3.8, 4) is 0 Å². The molecule has 0 rings (SSSR count). The van der Waals surface area contributed by atoms with Crippen LogP contribution in [0, 0.1) is 0 Å². The molecule has 12 heavy (non-hydrogen) atoms. The average molecular weight is 198 g/mol. The highest BCUT2D eigenvalue weighted by molar-refractivity contribution is 5.85. The van der Waals surface area contributed by atoms with Crippen molar-refractivity contribution in [1.29, 1.82) is 0 Å². The highest BCUT2D eigenvalue weighted by Crippen LogP contribution is 2.02. The minimum Gasteiger partial charge on any atom is -0.479 e. The van der Waals surface area contributed by atoms with Crippen LogP contribution in [0.5, 0.6) is 0 Å². The Labute approximate surface area is 78.2 Å². The number of unbranched alkanes of at least 4 members (excludes halogenated alkanes) is 1. The molecule has 0 aromatic heterocycles. The van der Waals surface area contributed by atoms with Gasteiger partial charge in [-0.15, -0.1) is 12.4 Å². The van der Waals surface area contributed by atoms with Crippen molar-refractivity contribution in [2.24, 2.45) is 5.73 Å². The van der Waals surface area contributed by atoms with Gasteiger partial charge in [0.05, 0.1) is 0 Å². The molecule has 5 heteroatoms. The highest BCUT2D eigenvalue weighted by atomic mass is 35.5. The van der Waals surface area contributed by atoms with Gasteiger partial charge in [0.25, 0.3) is 0 Å². The molecule has 0 saturated carbocycles. The fraction of sp³-hybridized carbons (Fsp3) is 0.857. The van der Waals surface area contributed by atoms with Crippen molar-refractivity contribution in [1.82, 2.24) is 0 Å². The van der Waals surface area contributed by atoms with Crippen molar-refractivity contribution in [2.75, 3.05) is 0 Å². The third-order valence-corrected chi connectivity index (χ3v) is 1.55. The Morgan fingerprint density at radius 2 is 2.08 bits per heavy atom. The first-order valence-corrected chi connectivity index (χ1v) is 3.76. The smallest absolute Gasteiger partial charge is 0.334 e. The van der Waals surface area contributed by atoms with E-state index in [1.807, 2.05) is 6.92 Å². The molecule has 0 saturated heterocycles. The lowest BCUT2D eigenvalue weighted by atomic mass is 10.1. The maximum absolute atomic E-state index is 10.2. The molecule has 4 N–H and O–H groups in total. The minimum absolute atomic E-state index is 0. The number of aliphatic hydroxyl groups excluding tert-OH is 1. The van der Waals surface area contributed by atoms with E-state index in [9.17, 15) is 4.79 Å². The van der Waals surface area contributed by atoms with E-state index in [4.69, 9.17) is 15.9 Å². The average Bonchev–Trinajstić information content (AvgIpc) is 1.98. The molecule has 0 radical (unpaired) electrons. The number of hydrogen-bond donors (Lipinski definition) is 3. The van der Waals surface area contributed by atoms with Gasteiger partial charge in [0.2, 0.25) is 0 Å². The van der Waals surface area contributed by atoms with E-state index in [0.29, 0.717) is 6.42 Å². The first kappa shape index (κ1) is 14.2. The molecule has 0 spiro atoms. The number of carboxylic acid groups (broad SMARTS) is 1. The van der Waals surface area contributed by atoms with E-state index in [1.54, 1.807) is 0 Å². The lowest BCUT2D eigenvalue weighted by Crippen LogP contribution is -2.40. The number of aliphatic carboxylic acids is 1. The second-order valence-electron chi connectivity index (χ2n) is 2.59. The molecule has 0 fully saturated rings. The summed E-state index contributed by atoms with van der Waals surface area (Å²) in [6.45, 7) is 1.99. The predicted octanol–water partition coefficient (Wildman–Crippen LogP) is 0.371. The number of aliphatic hydroxyl groups is 1. The van der Waals surface area contributed by atoms with Crippen LogP contribution in [0.3, 0.4) is 0 Å². The van der Waals surface area contributed by atoms with Gasteiger partial charge < -0.3 is 15.9 Å². The van der Waals surface area contributed by atoms with Crippen LogP contribution in [0.15, 0.2) is 0 Å². The van der Waals surface area contributed by atoms with Crippen molar-refractivity contribution < 1.29 is 15.0 Å². The van der Waals surface area contributed by atoms with Crippen LogP contribution in [0.4, 0.5) is 0 Å². The topological polar surface area (TPSA) is 83.5 Å². The van der Waals surface area contributed by atoms with Crippen molar-refractivity contribution in [2.45, 2.75) is 38.3 Å². The summed E-state index contributed by atoms with van der Waals surface area (Å²) in [6.07, 6.45) is 0.955. The second kappa shape index (κ2) is 7.34. The summed E-state index contributed by atoms with van der Waals surface area (Å²) in [5.41, 5.74) is 5.37. The quantitative estimate of drug-likeness (QED) is 0.595. The SMILES string of the molecule is CCCC[C@@H](N)[C@H](O)C(=O)O.Cl. The Hall–Kier alpha value is -0.320. The van der Waals surface area contributed by atoms with Gasteiger partial charge in [-0.2, -0.15) is 0 Å². The van der Waals surface area contributed by atoms with Gasteiger partial charge in [0.15, 0.2) is 6.10 Å². The molecule has 0 aromatic rings. The normalized spacial score (nSPS) is 14.6. The third kappa shape index (κ3) is 5.35. The molecule has 0 amide bonds. The predicted molar refractivity (Wildman–Crippen MR) is 48.4 cm³/mol. The fourth-order valence-electron chi connectivity index (χ4n) is 0.781. The maximum atomic E-state index is 10.2. The fourth-order valence-corrected chi connectivity index (χ4v) is 0.781. The molecular weight excluding hydrogens is 182 g/mol. The number of rotatable bonds is 5. The lowest BCUT2D eigenvalue weighted by Gasteiger charge is -2.13. The lowest BCUT2D eigenvalue weighted by molar-refractivity contribution is -0.147. The third-order valence-electron chi connectivity index (χ3n) is 1.55. The maximum Gasteiger partial charge on any atom is 0.334 e. The van der Waals surface area contributed by atoms with E-state index < -0.39 is 18.1 Å². The van der Waals surface area contributed by atoms with Crippen molar-refractivity contribution in [3.05, 3.63) is 0 Å². The molecule has 0 heterocycles. The summed E-state index contributed by atoms with van der Waals surface area (Å²) in [4.78, 5) is 10.2. The molecule has 4 nitrogen and oxygen atoms in total. The van der Waals surface area contributed by atoms with Crippen LogP contribution in [0.1, 0.15) is 26.2 Å².